The van der Waals surface area contributed by atoms with E-state index in [0.717, 1.165) is 5.92 Å². The highest BCUT2D eigenvalue weighted by molar-refractivity contribution is 5.30. The lowest BCUT2D eigenvalue weighted by molar-refractivity contribution is 0.426. The third kappa shape index (κ3) is 2.78. The minimum atomic E-state index is 0.328. The Kier molecular flexibility index (Phi) is 3.62. The Balaban J connectivity index is 1.80. The van der Waals surface area contributed by atoms with Crippen LogP contribution in [0.25, 0.3) is 0 Å². The molecule has 1 heterocycles. The lowest BCUT2D eigenvalue weighted by Crippen LogP contribution is -2.26. The minimum Gasteiger partial charge on any atom is -0.303 e. The molecule has 1 aromatic carbocycles. The van der Waals surface area contributed by atoms with E-state index in [4.69, 9.17) is 0 Å². The monoisotopic (exact) mass is 269 g/mol. The van der Waals surface area contributed by atoms with Gasteiger partial charge in [-0.3, -0.25) is 4.68 Å². The largest absolute Gasteiger partial charge is 0.303 e. The molecular weight excluding hydrogens is 246 g/mol. The van der Waals surface area contributed by atoms with E-state index in [1.807, 2.05) is 17.9 Å². The number of aryl methyl sites for hydroxylation is 2. The van der Waals surface area contributed by atoms with E-state index >= 15 is 0 Å². The molecule has 0 unspecified atom stereocenters. The van der Waals surface area contributed by atoms with Gasteiger partial charge in [-0.25, -0.2) is 0 Å². The predicted molar refractivity (Wildman–Crippen MR) is 81.4 cm³/mol. The van der Waals surface area contributed by atoms with Crippen molar-refractivity contribution in [3.05, 3.63) is 53.3 Å². The SMILES string of the molecule is Cc1ccccc1[C@@H](N[C@@H](C)c1cnn(C)c1)C1CC1. The van der Waals surface area contributed by atoms with E-state index in [-0.39, 0.29) is 0 Å². The zero-order chi connectivity index (χ0) is 14.1. The fourth-order valence-electron chi connectivity index (χ4n) is 2.87. The lowest BCUT2D eigenvalue weighted by Gasteiger charge is -2.24. The van der Waals surface area contributed by atoms with Gasteiger partial charge in [0.15, 0.2) is 0 Å². The summed E-state index contributed by atoms with van der Waals surface area (Å²) in [5.74, 6) is 0.787. The Labute approximate surface area is 121 Å². The van der Waals surface area contributed by atoms with Crippen LogP contribution in [0.2, 0.25) is 0 Å². The van der Waals surface area contributed by atoms with Gasteiger partial charge in [-0.1, -0.05) is 24.3 Å². The summed E-state index contributed by atoms with van der Waals surface area (Å²) >= 11 is 0. The van der Waals surface area contributed by atoms with E-state index in [9.17, 15) is 0 Å². The summed E-state index contributed by atoms with van der Waals surface area (Å²) in [5, 5.41) is 8.08. The second kappa shape index (κ2) is 5.41. The molecule has 0 saturated heterocycles. The average Bonchev–Trinajstić information content (AvgIpc) is 3.18. The van der Waals surface area contributed by atoms with Crippen molar-refractivity contribution in [3.63, 3.8) is 0 Å². The number of nitrogens with zero attached hydrogens (tertiary/aromatic N) is 2. The van der Waals surface area contributed by atoms with E-state index in [1.165, 1.54) is 29.5 Å². The number of benzene rings is 1. The third-order valence-corrected chi connectivity index (χ3v) is 4.27. The van der Waals surface area contributed by atoms with Gasteiger partial charge in [0.1, 0.15) is 0 Å². The van der Waals surface area contributed by atoms with Crippen LogP contribution in [0.4, 0.5) is 0 Å². The van der Waals surface area contributed by atoms with Crippen molar-refractivity contribution in [1.82, 2.24) is 15.1 Å². The minimum absolute atomic E-state index is 0.328. The van der Waals surface area contributed by atoms with Crippen LogP contribution in [-0.4, -0.2) is 9.78 Å². The van der Waals surface area contributed by atoms with Crippen LogP contribution in [-0.2, 0) is 7.05 Å². The van der Waals surface area contributed by atoms with E-state index in [0.29, 0.717) is 12.1 Å². The van der Waals surface area contributed by atoms with Gasteiger partial charge in [0.2, 0.25) is 0 Å². The Morgan fingerprint density at radius 3 is 2.65 bits per heavy atom. The standard InChI is InChI=1S/C17H23N3/c1-12-6-4-5-7-16(12)17(14-8-9-14)19-13(2)15-10-18-20(3)11-15/h4-7,10-11,13-14,17,19H,8-9H2,1-3H3/t13-,17-/m0/s1. The second-order valence-electron chi connectivity index (χ2n) is 6.01. The number of hydrogen-bond acceptors (Lipinski definition) is 2. The Morgan fingerprint density at radius 2 is 2.05 bits per heavy atom. The fourth-order valence-corrected chi connectivity index (χ4v) is 2.87. The molecular formula is C17H23N3. The van der Waals surface area contributed by atoms with Crippen LogP contribution in [0.5, 0.6) is 0 Å². The summed E-state index contributed by atoms with van der Waals surface area (Å²) in [7, 11) is 1.97. The first-order valence-electron chi connectivity index (χ1n) is 7.45. The molecule has 0 aliphatic heterocycles. The van der Waals surface area contributed by atoms with Crippen LogP contribution in [0.15, 0.2) is 36.7 Å². The van der Waals surface area contributed by atoms with Crippen molar-refractivity contribution in [2.75, 3.05) is 0 Å². The van der Waals surface area contributed by atoms with Crippen molar-refractivity contribution in [3.8, 4) is 0 Å². The Morgan fingerprint density at radius 1 is 1.30 bits per heavy atom. The highest BCUT2D eigenvalue weighted by atomic mass is 15.2. The maximum atomic E-state index is 4.27. The number of rotatable bonds is 5. The lowest BCUT2D eigenvalue weighted by atomic mass is 9.96. The molecule has 0 radical (unpaired) electrons. The van der Waals surface area contributed by atoms with E-state index < -0.39 is 0 Å². The van der Waals surface area contributed by atoms with Crippen molar-refractivity contribution in [1.29, 1.82) is 0 Å². The quantitative estimate of drug-likeness (QED) is 0.900. The topological polar surface area (TPSA) is 29.9 Å². The molecule has 0 amide bonds. The normalized spacial score (nSPS) is 17.9. The molecule has 106 valence electrons. The first-order chi connectivity index (χ1) is 9.65. The summed E-state index contributed by atoms with van der Waals surface area (Å²) in [6.07, 6.45) is 6.73. The van der Waals surface area contributed by atoms with Crippen LogP contribution in [0.3, 0.4) is 0 Å². The molecule has 1 N–H and O–H groups in total. The summed E-state index contributed by atoms with van der Waals surface area (Å²) in [6.45, 7) is 4.44. The number of hydrogen-bond donors (Lipinski definition) is 1. The summed E-state index contributed by atoms with van der Waals surface area (Å²) in [4.78, 5) is 0. The maximum absolute atomic E-state index is 4.27. The molecule has 3 rings (SSSR count). The molecule has 20 heavy (non-hydrogen) atoms. The van der Waals surface area contributed by atoms with Crippen LogP contribution < -0.4 is 5.32 Å². The molecule has 2 aromatic rings. The molecule has 1 fully saturated rings. The Hall–Kier alpha value is -1.61. The summed E-state index contributed by atoms with van der Waals surface area (Å²) < 4.78 is 1.87. The first-order valence-corrected chi connectivity index (χ1v) is 7.45. The van der Waals surface area contributed by atoms with Gasteiger partial charge in [-0.05, 0) is 43.7 Å². The molecule has 2 atom stereocenters. The van der Waals surface area contributed by atoms with Crippen LogP contribution >= 0.6 is 0 Å². The van der Waals surface area contributed by atoms with Crippen molar-refractivity contribution in [2.45, 2.75) is 38.8 Å². The predicted octanol–water partition coefficient (Wildman–Crippen LogP) is 3.53. The van der Waals surface area contributed by atoms with Crippen molar-refractivity contribution >= 4 is 0 Å². The first kappa shape index (κ1) is 13.4. The van der Waals surface area contributed by atoms with Crippen molar-refractivity contribution < 1.29 is 0 Å². The molecule has 3 heteroatoms. The van der Waals surface area contributed by atoms with Crippen LogP contribution in [0.1, 0.15) is 48.5 Å². The zero-order valence-electron chi connectivity index (χ0n) is 12.5. The highest BCUT2D eigenvalue weighted by Gasteiger charge is 2.33. The Bertz CT molecular complexity index is 583. The number of aromatic nitrogens is 2. The van der Waals surface area contributed by atoms with Gasteiger partial charge in [0, 0.05) is 30.9 Å². The second-order valence-corrected chi connectivity index (χ2v) is 6.01. The molecule has 0 bridgehead atoms. The average molecular weight is 269 g/mol. The van der Waals surface area contributed by atoms with Gasteiger partial charge in [-0.2, -0.15) is 5.10 Å². The molecule has 1 saturated carbocycles. The number of nitrogens with one attached hydrogen (secondary N) is 1. The molecule has 3 nitrogen and oxygen atoms in total. The van der Waals surface area contributed by atoms with E-state index in [2.05, 4.69) is 54.7 Å². The van der Waals surface area contributed by atoms with Gasteiger partial charge >= 0.3 is 0 Å². The third-order valence-electron chi connectivity index (χ3n) is 4.27. The molecule has 1 aliphatic rings. The molecule has 1 aromatic heterocycles. The van der Waals surface area contributed by atoms with Gasteiger partial charge in [0.25, 0.3) is 0 Å². The van der Waals surface area contributed by atoms with Gasteiger partial charge in [-0.15, -0.1) is 0 Å². The summed E-state index contributed by atoms with van der Waals surface area (Å²) in [5.41, 5.74) is 4.09. The van der Waals surface area contributed by atoms with E-state index in [1.54, 1.807) is 0 Å². The van der Waals surface area contributed by atoms with Crippen LogP contribution in [0, 0.1) is 12.8 Å². The molecule has 1 aliphatic carbocycles. The fraction of sp³-hybridized carbons (Fsp3) is 0.471. The van der Waals surface area contributed by atoms with Gasteiger partial charge in [0.05, 0.1) is 6.20 Å². The molecule has 0 spiro atoms. The highest BCUT2D eigenvalue weighted by Crippen LogP contribution is 2.42. The zero-order valence-corrected chi connectivity index (χ0v) is 12.5. The van der Waals surface area contributed by atoms with Gasteiger partial charge < -0.3 is 5.32 Å². The smallest absolute Gasteiger partial charge is 0.0537 e. The summed E-state index contributed by atoms with van der Waals surface area (Å²) in [6, 6.07) is 9.53. The maximum Gasteiger partial charge on any atom is 0.0537 e. The van der Waals surface area contributed by atoms with Crippen molar-refractivity contribution in [2.24, 2.45) is 13.0 Å².